The Morgan fingerprint density at radius 2 is 1.96 bits per heavy atom. The molecule has 0 radical (unpaired) electrons. The Kier molecular flexibility index (Phi) is 7.26. The predicted octanol–water partition coefficient (Wildman–Crippen LogP) is 3.35. The van der Waals surface area contributed by atoms with Crippen LogP contribution in [0.15, 0.2) is 42.5 Å². The number of carbonyl (C=O) groups is 1. The number of methoxy groups -OCH3 is 1. The van der Waals surface area contributed by atoms with E-state index in [0.717, 1.165) is 22.2 Å². The fourth-order valence-corrected chi connectivity index (χ4v) is 4.21. The first-order valence-electron chi connectivity index (χ1n) is 8.53. The van der Waals surface area contributed by atoms with Crippen LogP contribution in [0.4, 0.5) is 10.1 Å². The SMILES string of the molecule is CC[C@H](C(=O)NCc1ccccc1OC)N(c1ccc(F)c(Cl)c1)S(C)(=O)=O. The Morgan fingerprint density at radius 1 is 1.29 bits per heavy atom. The number of anilines is 1. The maximum atomic E-state index is 13.5. The van der Waals surface area contributed by atoms with Crippen molar-refractivity contribution in [3.05, 3.63) is 58.9 Å². The number of halogens is 2. The molecule has 0 saturated heterocycles. The van der Waals surface area contributed by atoms with Crippen molar-refractivity contribution in [3.8, 4) is 5.75 Å². The zero-order valence-corrected chi connectivity index (χ0v) is 17.3. The number of hydrogen-bond donors (Lipinski definition) is 1. The molecule has 0 fully saturated rings. The number of benzene rings is 2. The van der Waals surface area contributed by atoms with E-state index >= 15 is 0 Å². The molecule has 2 aromatic carbocycles. The summed E-state index contributed by atoms with van der Waals surface area (Å²) in [5.74, 6) is -0.548. The molecule has 28 heavy (non-hydrogen) atoms. The lowest BCUT2D eigenvalue weighted by Gasteiger charge is -2.30. The van der Waals surface area contributed by atoms with Crippen molar-refractivity contribution < 1.29 is 22.3 Å². The van der Waals surface area contributed by atoms with Gasteiger partial charge in [-0.05, 0) is 30.7 Å². The summed E-state index contributed by atoms with van der Waals surface area (Å²) in [6.07, 6.45) is 1.19. The third-order valence-corrected chi connectivity index (χ3v) is 5.60. The molecule has 1 N–H and O–H groups in total. The Labute approximate surface area is 169 Å². The summed E-state index contributed by atoms with van der Waals surface area (Å²) in [7, 11) is -2.31. The maximum Gasteiger partial charge on any atom is 0.244 e. The van der Waals surface area contributed by atoms with E-state index in [-0.39, 0.29) is 23.7 Å². The molecule has 6 nitrogen and oxygen atoms in total. The quantitative estimate of drug-likeness (QED) is 0.699. The van der Waals surface area contributed by atoms with Crippen LogP contribution in [0, 0.1) is 5.82 Å². The number of sulfonamides is 1. The smallest absolute Gasteiger partial charge is 0.244 e. The minimum absolute atomic E-state index is 0.119. The predicted molar refractivity (Wildman–Crippen MR) is 108 cm³/mol. The summed E-state index contributed by atoms with van der Waals surface area (Å²) in [6.45, 7) is 1.86. The molecule has 1 amide bonds. The third-order valence-electron chi connectivity index (χ3n) is 4.13. The third kappa shape index (κ3) is 5.14. The number of rotatable bonds is 8. The monoisotopic (exact) mass is 428 g/mol. The van der Waals surface area contributed by atoms with Crippen LogP contribution < -0.4 is 14.4 Å². The number of hydrogen-bond acceptors (Lipinski definition) is 4. The van der Waals surface area contributed by atoms with Gasteiger partial charge in [0.05, 0.1) is 24.1 Å². The first kappa shape index (κ1) is 22.0. The highest BCUT2D eigenvalue weighted by Gasteiger charge is 2.31. The second kappa shape index (κ2) is 9.25. The highest BCUT2D eigenvalue weighted by molar-refractivity contribution is 7.92. The molecule has 0 unspecified atom stereocenters. The lowest BCUT2D eigenvalue weighted by molar-refractivity contribution is -0.122. The zero-order chi connectivity index (χ0) is 20.9. The summed E-state index contributed by atoms with van der Waals surface area (Å²) in [5, 5.41) is 2.51. The van der Waals surface area contributed by atoms with Crippen LogP contribution in [0.25, 0.3) is 0 Å². The van der Waals surface area contributed by atoms with Gasteiger partial charge in [0.15, 0.2) is 0 Å². The zero-order valence-electron chi connectivity index (χ0n) is 15.8. The topological polar surface area (TPSA) is 75.7 Å². The van der Waals surface area contributed by atoms with E-state index in [1.54, 1.807) is 19.1 Å². The molecule has 0 aliphatic heterocycles. The average molecular weight is 429 g/mol. The van der Waals surface area contributed by atoms with Crippen molar-refractivity contribution in [3.63, 3.8) is 0 Å². The van der Waals surface area contributed by atoms with Gasteiger partial charge in [-0.1, -0.05) is 36.7 Å². The van der Waals surface area contributed by atoms with Gasteiger partial charge in [-0.3, -0.25) is 9.10 Å². The van der Waals surface area contributed by atoms with Gasteiger partial charge in [0, 0.05) is 12.1 Å². The molecule has 0 aliphatic carbocycles. The summed E-state index contributed by atoms with van der Waals surface area (Å²) >= 11 is 5.80. The Balaban J connectivity index is 2.30. The Morgan fingerprint density at radius 3 is 2.54 bits per heavy atom. The first-order valence-corrected chi connectivity index (χ1v) is 10.8. The number of amides is 1. The second-order valence-electron chi connectivity index (χ2n) is 6.11. The van der Waals surface area contributed by atoms with Crippen molar-refractivity contribution in [2.75, 3.05) is 17.7 Å². The van der Waals surface area contributed by atoms with Crippen LogP contribution in [0.3, 0.4) is 0 Å². The Hall–Kier alpha value is -2.32. The number of nitrogens with one attached hydrogen (secondary N) is 1. The number of nitrogens with zero attached hydrogens (tertiary/aromatic N) is 1. The molecule has 0 heterocycles. The van der Waals surface area contributed by atoms with E-state index < -0.39 is 27.8 Å². The average Bonchev–Trinajstić information content (AvgIpc) is 2.65. The lowest BCUT2D eigenvalue weighted by atomic mass is 10.1. The van der Waals surface area contributed by atoms with Crippen molar-refractivity contribution in [2.45, 2.75) is 25.9 Å². The molecule has 1 atom stereocenters. The van der Waals surface area contributed by atoms with Gasteiger partial charge in [0.25, 0.3) is 0 Å². The summed E-state index contributed by atoms with van der Waals surface area (Å²) in [4.78, 5) is 12.8. The van der Waals surface area contributed by atoms with Crippen LogP contribution in [-0.4, -0.2) is 33.7 Å². The summed E-state index contributed by atoms with van der Waals surface area (Å²) < 4.78 is 44.5. The molecule has 9 heteroatoms. The molecule has 0 aromatic heterocycles. The fraction of sp³-hybridized carbons (Fsp3) is 0.316. The van der Waals surface area contributed by atoms with Crippen LogP contribution in [0.2, 0.25) is 5.02 Å². The second-order valence-corrected chi connectivity index (χ2v) is 8.38. The van der Waals surface area contributed by atoms with E-state index in [1.807, 2.05) is 12.1 Å². The van der Waals surface area contributed by atoms with Crippen LogP contribution in [-0.2, 0) is 21.4 Å². The van der Waals surface area contributed by atoms with Crippen LogP contribution >= 0.6 is 11.6 Å². The van der Waals surface area contributed by atoms with Crippen molar-refractivity contribution >= 4 is 33.2 Å². The van der Waals surface area contributed by atoms with Gasteiger partial charge < -0.3 is 10.1 Å². The minimum Gasteiger partial charge on any atom is -0.496 e. The molecule has 0 aliphatic rings. The summed E-state index contributed by atoms with van der Waals surface area (Å²) in [6, 6.07) is 9.69. The van der Waals surface area contributed by atoms with Crippen molar-refractivity contribution in [1.29, 1.82) is 0 Å². The van der Waals surface area contributed by atoms with Crippen LogP contribution in [0.1, 0.15) is 18.9 Å². The van der Waals surface area contributed by atoms with Crippen molar-refractivity contribution in [1.82, 2.24) is 5.32 Å². The van der Waals surface area contributed by atoms with E-state index in [1.165, 1.54) is 19.2 Å². The fourth-order valence-electron chi connectivity index (χ4n) is 2.83. The van der Waals surface area contributed by atoms with Gasteiger partial charge in [-0.25, -0.2) is 12.8 Å². The van der Waals surface area contributed by atoms with Crippen LogP contribution in [0.5, 0.6) is 5.75 Å². The molecular weight excluding hydrogens is 407 g/mol. The van der Waals surface area contributed by atoms with Gasteiger partial charge in [-0.2, -0.15) is 0 Å². The molecule has 2 rings (SSSR count). The normalized spacial score (nSPS) is 12.3. The summed E-state index contributed by atoms with van der Waals surface area (Å²) in [5.41, 5.74) is 0.872. The Bertz CT molecular complexity index is 953. The maximum absolute atomic E-state index is 13.5. The van der Waals surface area contributed by atoms with E-state index in [0.29, 0.717) is 5.75 Å². The minimum atomic E-state index is -3.83. The molecule has 0 spiro atoms. The molecule has 2 aromatic rings. The highest BCUT2D eigenvalue weighted by atomic mass is 35.5. The number of carbonyl (C=O) groups excluding carboxylic acids is 1. The van der Waals surface area contributed by atoms with Gasteiger partial charge in [0.2, 0.25) is 15.9 Å². The lowest BCUT2D eigenvalue weighted by Crippen LogP contribution is -2.49. The van der Waals surface area contributed by atoms with Crippen molar-refractivity contribution in [2.24, 2.45) is 0 Å². The van der Waals surface area contributed by atoms with E-state index in [2.05, 4.69) is 5.32 Å². The standard InChI is InChI=1S/C19H22ClFN2O4S/c1-4-17(19(24)22-12-13-7-5-6-8-18(13)27-2)23(28(3,25)26)14-9-10-16(21)15(20)11-14/h5-11,17H,4,12H2,1-3H3,(H,22,24)/t17-/m1/s1. The molecule has 152 valence electrons. The molecular formula is C19H22ClFN2O4S. The van der Waals surface area contributed by atoms with Gasteiger partial charge in [0.1, 0.15) is 17.6 Å². The van der Waals surface area contributed by atoms with E-state index in [4.69, 9.17) is 16.3 Å². The molecule has 0 bridgehead atoms. The van der Waals surface area contributed by atoms with Gasteiger partial charge >= 0.3 is 0 Å². The highest BCUT2D eigenvalue weighted by Crippen LogP contribution is 2.27. The number of para-hydroxylation sites is 1. The largest absolute Gasteiger partial charge is 0.496 e. The van der Waals surface area contributed by atoms with E-state index in [9.17, 15) is 17.6 Å². The number of ether oxygens (including phenoxy) is 1. The molecule has 0 saturated carbocycles. The van der Waals surface area contributed by atoms with Gasteiger partial charge in [-0.15, -0.1) is 0 Å². The first-order chi connectivity index (χ1) is 13.2.